The van der Waals surface area contributed by atoms with E-state index in [9.17, 15) is 4.79 Å². The first-order chi connectivity index (χ1) is 15.2. The van der Waals surface area contributed by atoms with E-state index in [0.717, 1.165) is 30.0 Å². The second kappa shape index (κ2) is 10.4. The molecule has 1 saturated heterocycles. The Kier molecular flexibility index (Phi) is 7.14. The molecule has 1 amide bonds. The standard InChI is InChI=1S/C23H26ClN5O2/c24-19-10-8-18(9-11-19)23-27-22(31-28-23)6-4-5-21(30)26-16-17-7-12-20(25-15-17)29-13-2-1-3-14-29/h7-12,15H,1-6,13-14,16H2,(H,26,30). The number of piperidine rings is 1. The summed E-state index contributed by atoms with van der Waals surface area (Å²) in [6, 6.07) is 11.3. The minimum atomic E-state index is -0.00227. The maximum absolute atomic E-state index is 12.2. The summed E-state index contributed by atoms with van der Waals surface area (Å²) in [5, 5.41) is 7.60. The van der Waals surface area contributed by atoms with Crippen LogP contribution in [0.15, 0.2) is 47.1 Å². The topological polar surface area (TPSA) is 84.1 Å². The number of aryl methyl sites for hydroxylation is 1. The van der Waals surface area contributed by atoms with Crippen LogP contribution >= 0.6 is 11.6 Å². The minimum Gasteiger partial charge on any atom is -0.357 e. The van der Waals surface area contributed by atoms with Crippen molar-refractivity contribution in [1.82, 2.24) is 20.4 Å². The van der Waals surface area contributed by atoms with Gasteiger partial charge in [-0.25, -0.2) is 4.98 Å². The van der Waals surface area contributed by atoms with Gasteiger partial charge in [-0.1, -0.05) is 22.8 Å². The fourth-order valence-electron chi connectivity index (χ4n) is 3.59. The number of hydrogen-bond acceptors (Lipinski definition) is 6. The monoisotopic (exact) mass is 439 g/mol. The summed E-state index contributed by atoms with van der Waals surface area (Å²) in [4.78, 5) is 23.4. The Morgan fingerprint density at radius 1 is 1.10 bits per heavy atom. The van der Waals surface area contributed by atoms with Gasteiger partial charge >= 0.3 is 0 Å². The number of pyridine rings is 1. The number of benzene rings is 1. The summed E-state index contributed by atoms with van der Waals surface area (Å²) in [6.07, 6.45) is 7.20. The van der Waals surface area contributed by atoms with E-state index in [1.165, 1.54) is 19.3 Å². The summed E-state index contributed by atoms with van der Waals surface area (Å²) in [5.41, 5.74) is 1.84. The first-order valence-electron chi connectivity index (χ1n) is 10.7. The van der Waals surface area contributed by atoms with E-state index in [1.54, 1.807) is 12.1 Å². The fourth-order valence-corrected chi connectivity index (χ4v) is 3.72. The highest BCUT2D eigenvalue weighted by Crippen LogP contribution is 2.19. The van der Waals surface area contributed by atoms with Gasteiger partial charge in [0.15, 0.2) is 0 Å². The first kappa shape index (κ1) is 21.3. The Balaban J connectivity index is 1.18. The van der Waals surface area contributed by atoms with Crippen molar-refractivity contribution in [3.8, 4) is 11.4 Å². The van der Waals surface area contributed by atoms with E-state index in [2.05, 4.69) is 25.3 Å². The normalized spacial score (nSPS) is 13.9. The molecule has 3 aromatic rings. The van der Waals surface area contributed by atoms with Gasteiger partial charge in [-0.15, -0.1) is 0 Å². The van der Waals surface area contributed by atoms with Gasteiger partial charge in [0.1, 0.15) is 5.82 Å². The molecule has 0 unspecified atom stereocenters. The molecule has 0 aliphatic carbocycles. The zero-order valence-electron chi connectivity index (χ0n) is 17.4. The zero-order chi connectivity index (χ0) is 21.5. The number of carbonyl (C=O) groups excluding carboxylic acids is 1. The maximum atomic E-state index is 12.2. The number of carbonyl (C=O) groups is 1. The second-order valence-electron chi connectivity index (χ2n) is 7.72. The molecular weight excluding hydrogens is 414 g/mol. The van der Waals surface area contributed by atoms with Gasteiger partial charge in [-0.3, -0.25) is 4.79 Å². The Hall–Kier alpha value is -2.93. The lowest BCUT2D eigenvalue weighted by Gasteiger charge is -2.27. The molecule has 0 radical (unpaired) electrons. The van der Waals surface area contributed by atoms with Crippen molar-refractivity contribution in [2.45, 2.75) is 45.1 Å². The van der Waals surface area contributed by atoms with Gasteiger partial charge in [0.05, 0.1) is 0 Å². The van der Waals surface area contributed by atoms with Crippen LogP contribution in [-0.4, -0.2) is 34.1 Å². The first-order valence-corrected chi connectivity index (χ1v) is 11.1. The zero-order valence-corrected chi connectivity index (χ0v) is 18.1. The van der Waals surface area contributed by atoms with Crippen LogP contribution in [0, 0.1) is 0 Å². The molecule has 0 bridgehead atoms. The van der Waals surface area contributed by atoms with E-state index in [4.69, 9.17) is 16.1 Å². The predicted molar refractivity (Wildman–Crippen MR) is 120 cm³/mol. The van der Waals surface area contributed by atoms with E-state index >= 15 is 0 Å². The van der Waals surface area contributed by atoms with Crippen LogP contribution in [0.1, 0.15) is 43.6 Å². The number of nitrogens with zero attached hydrogens (tertiary/aromatic N) is 4. The minimum absolute atomic E-state index is 0.00227. The summed E-state index contributed by atoms with van der Waals surface area (Å²) in [6.45, 7) is 2.63. The van der Waals surface area contributed by atoms with Gasteiger partial charge in [0.25, 0.3) is 0 Å². The second-order valence-corrected chi connectivity index (χ2v) is 8.16. The molecule has 8 heteroatoms. The van der Waals surface area contributed by atoms with Crippen LogP contribution in [0.4, 0.5) is 5.82 Å². The molecular formula is C23H26ClN5O2. The average molecular weight is 440 g/mol. The van der Waals surface area contributed by atoms with Crippen LogP contribution < -0.4 is 10.2 Å². The molecule has 0 saturated carbocycles. The van der Waals surface area contributed by atoms with E-state index < -0.39 is 0 Å². The highest BCUT2D eigenvalue weighted by molar-refractivity contribution is 6.30. The number of rotatable bonds is 8. The van der Waals surface area contributed by atoms with Crippen molar-refractivity contribution in [2.75, 3.05) is 18.0 Å². The van der Waals surface area contributed by atoms with Gasteiger partial charge in [-0.05, 0) is 61.6 Å². The van der Waals surface area contributed by atoms with Gasteiger partial charge in [0.2, 0.25) is 17.6 Å². The SMILES string of the molecule is O=C(CCCc1nc(-c2ccc(Cl)cc2)no1)NCc1ccc(N2CCCCC2)nc1. The number of anilines is 1. The Labute approximate surface area is 186 Å². The van der Waals surface area contributed by atoms with Crippen LogP contribution in [0.2, 0.25) is 5.02 Å². The van der Waals surface area contributed by atoms with Gasteiger partial charge < -0.3 is 14.7 Å². The smallest absolute Gasteiger partial charge is 0.226 e. The number of nitrogens with one attached hydrogen (secondary N) is 1. The van der Waals surface area contributed by atoms with Crippen molar-refractivity contribution in [1.29, 1.82) is 0 Å². The predicted octanol–water partition coefficient (Wildman–Crippen LogP) is 4.41. The third-order valence-corrected chi connectivity index (χ3v) is 5.60. The van der Waals surface area contributed by atoms with Crippen molar-refractivity contribution >= 4 is 23.3 Å². The van der Waals surface area contributed by atoms with Gasteiger partial charge in [0, 0.05) is 49.3 Å². The van der Waals surface area contributed by atoms with E-state index in [-0.39, 0.29) is 5.91 Å². The number of hydrogen-bond donors (Lipinski definition) is 1. The van der Waals surface area contributed by atoms with Crippen molar-refractivity contribution in [3.05, 3.63) is 59.1 Å². The highest BCUT2D eigenvalue weighted by atomic mass is 35.5. The molecule has 1 aliphatic rings. The summed E-state index contributed by atoms with van der Waals surface area (Å²) >= 11 is 5.90. The van der Waals surface area contributed by atoms with Crippen molar-refractivity contribution < 1.29 is 9.32 Å². The Morgan fingerprint density at radius 3 is 2.65 bits per heavy atom. The summed E-state index contributed by atoms with van der Waals surface area (Å²) < 4.78 is 5.28. The molecule has 1 fully saturated rings. The lowest BCUT2D eigenvalue weighted by atomic mass is 10.1. The van der Waals surface area contributed by atoms with Crippen molar-refractivity contribution in [2.24, 2.45) is 0 Å². The molecule has 1 N–H and O–H groups in total. The molecule has 31 heavy (non-hydrogen) atoms. The maximum Gasteiger partial charge on any atom is 0.226 e. The molecule has 0 spiro atoms. The fraction of sp³-hybridized carbons (Fsp3) is 0.391. The van der Waals surface area contributed by atoms with E-state index in [0.29, 0.717) is 42.5 Å². The average Bonchev–Trinajstić information content (AvgIpc) is 3.28. The number of halogens is 1. The third kappa shape index (κ3) is 6.04. The number of aromatic nitrogens is 3. The quantitative estimate of drug-likeness (QED) is 0.559. The van der Waals surface area contributed by atoms with Gasteiger partial charge in [-0.2, -0.15) is 4.98 Å². The number of amides is 1. The largest absolute Gasteiger partial charge is 0.357 e. The third-order valence-electron chi connectivity index (χ3n) is 5.34. The molecule has 4 rings (SSSR count). The molecule has 1 aromatic carbocycles. The Morgan fingerprint density at radius 2 is 1.90 bits per heavy atom. The lowest BCUT2D eigenvalue weighted by Crippen LogP contribution is -2.30. The summed E-state index contributed by atoms with van der Waals surface area (Å²) in [7, 11) is 0. The van der Waals surface area contributed by atoms with Crippen LogP contribution in [0.5, 0.6) is 0 Å². The lowest BCUT2D eigenvalue weighted by molar-refractivity contribution is -0.121. The molecule has 3 heterocycles. The van der Waals surface area contributed by atoms with Crippen LogP contribution in [-0.2, 0) is 17.8 Å². The molecule has 0 atom stereocenters. The van der Waals surface area contributed by atoms with E-state index in [1.807, 2.05) is 30.5 Å². The summed E-state index contributed by atoms with van der Waals surface area (Å²) in [5.74, 6) is 2.07. The van der Waals surface area contributed by atoms with Crippen LogP contribution in [0.25, 0.3) is 11.4 Å². The molecule has 1 aliphatic heterocycles. The Bertz CT molecular complexity index is 982. The van der Waals surface area contributed by atoms with Crippen molar-refractivity contribution in [3.63, 3.8) is 0 Å². The molecule has 7 nitrogen and oxygen atoms in total. The molecule has 2 aromatic heterocycles. The highest BCUT2D eigenvalue weighted by Gasteiger charge is 2.12. The van der Waals surface area contributed by atoms with Crippen LogP contribution in [0.3, 0.4) is 0 Å². The molecule has 162 valence electrons.